The van der Waals surface area contributed by atoms with E-state index in [9.17, 15) is 13.6 Å². The standard InChI is InChI=1S/C15H22F2N2O2/c1-3-14(12-7-6-11(16)10-13(12)17)19-15(20)18-8-4-5-9-21-2/h6-7,10,14H,3-5,8-9H2,1-2H3,(H2,18,19,20). The van der Waals surface area contributed by atoms with E-state index < -0.39 is 17.7 Å². The van der Waals surface area contributed by atoms with Gasteiger partial charge in [0.15, 0.2) is 0 Å². The van der Waals surface area contributed by atoms with Crippen molar-refractivity contribution in [1.82, 2.24) is 10.6 Å². The topological polar surface area (TPSA) is 50.4 Å². The lowest BCUT2D eigenvalue weighted by molar-refractivity contribution is 0.192. The van der Waals surface area contributed by atoms with Crippen LogP contribution in [0.2, 0.25) is 0 Å². The average molecular weight is 300 g/mol. The van der Waals surface area contributed by atoms with Gasteiger partial charge >= 0.3 is 6.03 Å². The van der Waals surface area contributed by atoms with Gasteiger partial charge in [0.25, 0.3) is 0 Å². The molecule has 1 aromatic carbocycles. The van der Waals surface area contributed by atoms with Gasteiger partial charge in [-0.2, -0.15) is 0 Å². The largest absolute Gasteiger partial charge is 0.385 e. The van der Waals surface area contributed by atoms with Crippen molar-refractivity contribution in [3.63, 3.8) is 0 Å². The molecule has 0 heterocycles. The van der Waals surface area contributed by atoms with Gasteiger partial charge in [0.2, 0.25) is 0 Å². The second-order valence-electron chi connectivity index (χ2n) is 4.73. The number of urea groups is 1. The van der Waals surface area contributed by atoms with Crippen LogP contribution < -0.4 is 10.6 Å². The molecule has 1 atom stereocenters. The number of benzene rings is 1. The monoisotopic (exact) mass is 300 g/mol. The molecule has 0 bridgehead atoms. The summed E-state index contributed by atoms with van der Waals surface area (Å²) in [6.45, 7) is 3.01. The Kier molecular flexibility index (Phi) is 7.68. The number of nitrogens with one attached hydrogen (secondary N) is 2. The van der Waals surface area contributed by atoms with Gasteiger partial charge in [-0.1, -0.05) is 13.0 Å². The first-order valence-electron chi connectivity index (χ1n) is 7.06. The molecule has 1 unspecified atom stereocenters. The van der Waals surface area contributed by atoms with Gasteiger partial charge in [0.05, 0.1) is 6.04 Å². The van der Waals surface area contributed by atoms with E-state index in [1.165, 1.54) is 12.1 Å². The Labute approximate surface area is 123 Å². The summed E-state index contributed by atoms with van der Waals surface area (Å²) in [5, 5.41) is 5.40. The lowest BCUT2D eigenvalue weighted by atomic mass is 10.0. The summed E-state index contributed by atoms with van der Waals surface area (Å²) in [6, 6.07) is 2.53. The van der Waals surface area contributed by atoms with E-state index in [2.05, 4.69) is 10.6 Å². The number of halogens is 2. The fraction of sp³-hybridized carbons (Fsp3) is 0.533. The molecule has 0 spiro atoms. The van der Waals surface area contributed by atoms with E-state index in [0.717, 1.165) is 18.9 Å². The molecule has 0 aliphatic rings. The van der Waals surface area contributed by atoms with Crippen molar-refractivity contribution in [2.24, 2.45) is 0 Å². The molecule has 2 N–H and O–H groups in total. The van der Waals surface area contributed by atoms with Crippen LogP contribution in [0.25, 0.3) is 0 Å². The van der Waals surface area contributed by atoms with Crippen molar-refractivity contribution >= 4 is 6.03 Å². The smallest absolute Gasteiger partial charge is 0.315 e. The van der Waals surface area contributed by atoms with Crippen LogP contribution in [-0.4, -0.2) is 26.3 Å². The van der Waals surface area contributed by atoms with Crippen molar-refractivity contribution < 1.29 is 18.3 Å². The molecule has 0 saturated heterocycles. The third-order valence-corrected chi connectivity index (χ3v) is 3.11. The number of carbonyl (C=O) groups is 1. The molecule has 1 aromatic rings. The minimum absolute atomic E-state index is 0.286. The van der Waals surface area contributed by atoms with Gasteiger partial charge in [0.1, 0.15) is 11.6 Å². The van der Waals surface area contributed by atoms with Crippen molar-refractivity contribution in [3.8, 4) is 0 Å². The van der Waals surface area contributed by atoms with Gasteiger partial charge in [0, 0.05) is 31.9 Å². The maximum atomic E-state index is 13.7. The zero-order chi connectivity index (χ0) is 15.7. The number of carbonyl (C=O) groups excluding carboxylic acids is 1. The Morgan fingerprint density at radius 3 is 2.71 bits per heavy atom. The van der Waals surface area contributed by atoms with Crippen LogP contribution in [-0.2, 0) is 4.74 Å². The van der Waals surface area contributed by atoms with Crippen molar-refractivity contribution in [2.75, 3.05) is 20.3 Å². The summed E-state index contributed by atoms with van der Waals surface area (Å²) in [6.07, 6.45) is 2.18. The van der Waals surface area contributed by atoms with Crippen LogP contribution >= 0.6 is 0 Å². The highest BCUT2D eigenvalue weighted by Crippen LogP contribution is 2.20. The number of hydrogen-bond acceptors (Lipinski definition) is 2. The predicted octanol–water partition coefficient (Wildman–Crippen LogP) is 3.14. The summed E-state index contributed by atoms with van der Waals surface area (Å²) >= 11 is 0. The highest BCUT2D eigenvalue weighted by Gasteiger charge is 2.16. The zero-order valence-corrected chi connectivity index (χ0v) is 12.4. The van der Waals surface area contributed by atoms with E-state index in [4.69, 9.17) is 4.74 Å². The fourth-order valence-corrected chi connectivity index (χ4v) is 1.97. The Morgan fingerprint density at radius 1 is 1.33 bits per heavy atom. The summed E-state index contributed by atoms with van der Waals surface area (Å²) in [5.74, 6) is -1.28. The lowest BCUT2D eigenvalue weighted by Gasteiger charge is -2.18. The van der Waals surface area contributed by atoms with Crippen molar-refractivity contribution in [1.29, 1.82) is 0 Å². The highest BCUT2D eigenvalue weighted by atomic mass is 19.1. The quantitative estimate of drug-likeness (QED) is 0.725. The van der Waals surface area contributed by atoms with Gasteiger partial charge in [-0.05, 0) is 25.3 Å². The number of amides is 2. The van der Waals surface area contributed by atoms with Gasteiger partial charge in [-0.15, -0.1) is 0 Å². The van der Waals surface area contributed by atoms with Crippen LogP contribution in [0.3, 0.4) is 0 Å². The van der Waals surface area contributed by atoms with Gasteiger partial charge in [-0.3, -0.25) is 0 Å². The molecule has 0 radical (unpaired) electrons. The Bertz CT molecular complexity index is 455. The fourth-order valence-electron chi connectivity index (χ4n) is 1.97. The van der Waals surface area contributed by atoms with E-state index in [0.29, 0.717) is 19.6 Å². The summed E-state index contributed by atoms with van der Waals surface area (Å²) in [7, 11) is 1.63. The minimum Gasteiger partial charge on any atom is -0.385 e. The molecule has 6 heteroatoms. The second-order valence-corrected chi connectivity index (χ2v) is 4.73. The van der Waals surface area contributed by atoms with E-state index in [1.807, 2.05) is 6.92 Å². The molecule has 0 fully saturated rings. The normalized spacial score (nSPS) is 12.0. The van der Waals surface area contributed by atoms with Crippen LogP contribution in [0.5, 0.6) is 0 Å². The van der Waals surface area contributed by atoms with Crippen molar-refractivity contribution in [2.45, 2.75) is 32.2 Å². The third kappa shape index (κ3) is 6.08. The Hall–Kier alpha value is -1.69. The maximum absolute atomic E-state index is 13.7. The molecule has 0 aliphatic carbocycles. The first-order chi connectivity index (χ1) is 10.1. The predicted molar refractivity (Wildman–Crippen MR) is 77.0 cm³/mol. The molecule has 2 amide bonds. The number of unbranched alkanes of at least 4 members (excludes halogenated alkanes) is 1. The molecule has 118 valence electrons. The number of rotatable bonds is 8. The summed E-state index contributed by atoms with van der Waals surface area (Å²) in [5.41, 5.74) is 0.286. The molecule has 4 nitrogen and oxygen atoms in total. The SMILES string of the molecule is CCC(NC(=O)NCCCCOC)c1ccc(F)cc1F. The van der Waals surface area contributed by atoms with E-state index in [-0.39, 0.29) is 11.6 Å². The minimum atomic E-state index is -0.651. The molecular weight excluding hydrogens is 278 g/mol. The average Bonchev–Trinajstić information content (AvgIpc) is 2.45. The highest BCUT2D eigenvalue weighted by molar-refractivity contribution is 5.74. The Balaban J connectivity index is 2.48. The van der Waals surface area contributed by atoms with E-state index in [1.54, 1.807) is 7.11 Å². The molecule has 0 saturated carbocycles. The molecule has 21 heavy (non-hydrogen) atoms. The first-order valence-corrected chi connectivity index (χ1v) is 7.06. The molecule has 0 aromatic heterocycles. The molecule has 0 aliphatic heterocycles. The third-order valence-electron chi connectivity index (χ3n) is 3.11. The first kappa shape index (κ1) is 17.4. The summed E-state index contributed by atoms with van der Waals surface area (Å²) < 4.78 is 31.5. The Morgan fingerprint density at radius 2 is 2.10 bits per heavy atom. The van der Waals surface area contributed by atoms with Crippen LogP contribution in [0.4, 0.5) is 13.6 Å². The van der Waals surface area contributed by atoms with Gasteiger partial charge < -0.3 is 15.4 Å². The summed E-state index contributed by atoms with van der Waals surface area (Å²) in [4.78, 5) is 11.7. The maximum Gasteiger partial charge on any atom is 0.315 e. The number of hydrogen-bond donors (Lipinski definition) is 2. The van der Waals surface area contributed by atoms with Crippen molar-refractivity contribution in [3.05, 3.63) is 35.4 Å². The van der Waals surface area contributed by atoms with E-state index >= 15 is 0 Å². The molecule has 1 rings (SSSR count). The number of ether oxygens (including phenoxy) is 1. The van der Waals surface area contributed by atoms with Crippen LogP contribution in [0.15, 0.2) is 18.2 Å². The van der Waals surface area contributed by atoms with Gasteiger partial charge in [-0.25, -0.2) is 13.6 Å². The lowest BCUT2D eigenvalue weighted by Crippen LogP contribution is -2.38. The van der Waals surface area contributed by atoms with Crippen LogP contribution in [0.1, 0.15) is 37.8 Å². The van der Waals surface area contributed by atoms with Crippen LogP contribution in [0, 0.1) is 11.6 Å². The number of methoxy groups -OCH3 is 1. The molecular formula is C15H22F2N2O2. The second kappa shape index (κ2) is 9.28. The zero-order valence-electron chi connectivity index (χ0n) is 12.4.